The number of halogens is 3. The van der Waals surface area contributed by atoms with Crippen molar-refractivity contribution in [1.29, 1.82) is 0 Å². The third-order valence-electron chi connectivity index (χ3n) is 9.29. The molecule has 3 fully saturated rings. The molecule has 3 heterocycles. The number of aliphatic hydroxyl groups excluding tert-OH is 2. The van der Waals surface area contributed by atoms with Crippen molar-refractivity contribution in [2.75, 3.05) is 30.8 Å². The Balaban J connectivity index is 1.06. The van der Waals surface area contributed by atoms with E-state index in [1.165, 1.54) is 12.1 Å². The summed E-state index contributed by atoms with van der Waals surface area (Å²) in [6, 6.07) is 4.33. The van der Waals surface area contributed by atoms with Crippen LogP contribution in [0.4, 0.5) is 24.5 Å². The monoisotopic (exact) mass is 608 g/mol. The van der Waals surface area contributed by atoms with E-state index in [1.54, 1.807) is 18.3 Å². The first kappa shape index (κ1) is 31.6. The first-order valence-corrected chi connectivity index (χ1v) is 14.9. The number of aliphatic hydroxyl groups is 2. The second-order valence-corrected chi connectivity index (χ2v) is 12.1. The Hall–Kier alpha value is -2.77. The number of benzene rings is 1. The smallest absolute Gasteiger partial charge is 0.406 e. The maximum absolute atomic E-state index is 12.5. The first-order valence-electron chi connectivity index (χ1n) is 14.9. The highest BCUT2D eigenvalue weighted by atomic mass is 19.4. The number of hydrogen-bond acceptors (Lipinski definition) is 10. The van der Waals surface area contributed by atoms with Gasteiger partial charge in [-0.25, -0.2) is 0 Å². The van der Waals surface area contributed by atoms with Gasteiger partial charge in [0.25, 0.3) is 0 Å². The Morgan fingerprint density at radius 3 is 2.70 bits per heavy atom. The number of ether oxygens (including phenoxy) is 2. The van der Waals surface area contributed by atoms with Crippen LogP contribution in [0, 0.1) is 11.8 Å². The molecule has 0 spiro atoms. The molecule has 0 bridgehead atoms. The summed E-state index contributed by atoms with van der Waals surface area (Å²) in [5.41, 5.74) is 10.4. The zero-order valence-corrected chi connectivity index (χ0v) is 24.3. The highest BCUT2D eigenvalue weighted by Crippen LogP contribution is 2.39. The van der Waals surface area contributed by atoms with E-state index >= 15 is 0 Å². The zero-order chi connectivity index (χ0) is 30.9. The molecular weight excluding hydrogens is 565 g/mol. The number of alkyl halides is 3. The van der Waals surface area contributed by atoms with E-state index in [1.807, 2.05) is 11.9 Å². The molecule has 0 amide bonds. The number of nitrogens with zero attached hydrogens (tertiary/aromatic N) is 2. The number of nitrogens with one attached hydrogen (secondary N) is 3. The van der Waals surface area contributed by atoms with Crippen LogP contribution in [0.25, 0.3) is 0 Å². The van der Waals surface area contributed by atoms with Crippen molar-refractivity contribution >= 4 is 11.4 Å². The van der Waals surface area contributed by atoms with Gasteiger partial charge in [-0.1, -0.05) is 13.2 Å². The Morgan fingerprint density at radius 1 is 1.26 bits per heavy atom. The fraction of sp³-hybridized carbons (Fsp3) is 0.633. The second-order valence-electron chi connectivity index (χ2n) is 12.1. The minimum atomic E-state index is -4.72. The predicted octanol–water partition coefficient (Wildman–Crippen LogP) is 2.74. The molecule has 10 nitrogen and oxygen atoms in total. The van der Waals surface area contributed by atoms with E-state index in [9.17, 15) is 23.4 Å². The fourth-order valence-electron chi connectivity index (χ4n) is 6.94. The molecule has 7 N–H and O–H groups in total. The van der Waals surface area contributed by atoms with Crippen molar-refractivity contribution in [2.24, 2.45) is 17.6 Å². The minimum absolute atomic E-state index is 0.0403. The molecule has 2 saturated heterocycles. The Morgan fingerprint density at radius 2 is 2.00 bits per heavy atom. The van der Waals surface area contributed by atoms with Gasteiger partial charge in [-0.3, -0.25) is 4.90 Å². The molecule has 13 heteroatoms. The number of rotatable bonds is 12. The van der Waals surface area contributed by atoms with Crippen molar-refractivity contribution in [1.82, 2.24) is 15.1 Å². The highest BCUT2D eigenvalue weighted by Gasteiger charge is 2.51. The standard InChI is InChI=1S/C30H43F3N6O4/c1-4-6-21(34)20-11-12-39(28(20)35-5-2)29-27(41)26(40)24(42-29)16-38(3)18-13-17(14-18)7-10-25-36-22-9-8-19(15-23(22)37-25)43-30(31,32)33/h5-6,8-9,15,17-18,20-21,24-29,35-37,40-41H,1-2,7,10-14,16,34H2,3H3/t17-,18-,20?,21?,24-,25?,26-,27-,28?,29-/m1/s1. The molecule has 4 unspecified atom stereocenters. The van der Waals surface area contributed by atoms with Gasteiger partial charge in [0.15, 0.2) is 0 Å². The second kappa shape index (κ2) is 13.1. The van der Waals surface area contributed by atoms with Gasteiger partial charge in [0, 0.05) is 37.2 Å². The van der Waals surface area contributed by atoms with Gasteiger partial charge in [0.2, 0.25) is 0 Å². The summed E-state index contributed by atoms with van der Waals surface area (Å²) in [7, 11) is 2.02. The minimum Gasteiger partial charge on any atom is -0.406 e. The maximum atomic E-state index is 12.5. The van der Waals surface area contributed by atoms with Crippen LogP contribution in [0.2, 0.25) is 0 Å². The SMILES string of the molecule is C=C=CC(N)C1CCN([C@@H]2O[C@H](CN(C)[C@H]3C[C@H](CCC4Nc5ccc(OC(F)(F)F)cc5N4)C3)[C@@H](O)[C@H]2O)C1NC=C. The van der Waals surface area contributed by atoms with Gasteiger partial charge in [-0.05, 0) is 69.5 Å². The number of hydrogen-bond donors (Lipinski definition) is 6. The molecule has 5 rings (SSSR count). The summed E-state index contributed by atoms with van der Waals surface area (Å²) in [6.45, 7) is 8.55. The summed E-state index contributed by atoms with van der Waals surface area (Å²) < 4.78 is 47.9. The predicted molar refractivity (Wildman–Crippen MR) is 157 cm³/mol. The molecule has 1 aromatic carbocycles. The molecule has 43 heavy (non-hydrogen) atoms. The summed E-state index contributed by atoms with van der Waals surface area (Å²) in [6.07, 6.45) is -0.338. The van der Waals surface area contributed by atoms with E-state index in [-0.39, 0.29) is 30.0 Å². The van der Waals surface area contributed by atoms with E-state index in [2.05, 4.69) is 44.5 Å². The number of anilines is 2. The number of likely N-dealkylation sites (N-methyl/N-ethyl adjacent to an activating group) is 1. The lowest BCUT2D eigenvalue weighted by molar-refractivity contribution is -0.274. The molecule has 1 aliphatic carbocycles. The van der Waals surface area contributed by atoms with Crippen LogP contribution < -0.4 is 26.4 Å². The van der Waals surface area contributed by atoms with E-state index < -0.39 is 30.9 Å². The third-order valence-corrected chi connectivity index (χ3v) is 9.29. The number of likely N-dealkylation sites (tertiary alicyclic amines) is 1. The summed E-state index contributed by atoms with van der Waals surface area (Å²) in [5.74, 6) is 0.320. The van der Waals surface area contributed by atoms with Gasteiger partial charge in [0.05, 0.1) is 23.7 Å². The lowest BCUT2D eigenvalue weighted by atomic mass is 9.76. The molecule has 3 aliphatic heterocycles. The van der Waals surface area contributed by atoms with Crippen LogP contribution in [0.5, 0.6) is 5.75 Å². The van der Waals surface area contributed by atoms with Crippen molar-refractivity contribution in [3.05, 3.63) is 49.4 Å². The van der Waals surface area contributed by atoms with Crippen LogP contribution in [-0.2, 0) is 4.74 Å². The first-order chi connectivity index (χ1) is 20.5. The van der Waals surface area contributed by atoms with Crippen LogP contribution in [0.15, 0.2) is 49.4 Å². The van der Waals surface area contributed by atoms with E-state index in [4.69, 9.17) is 10.5 Å². The zero-order valence-electron chi connectivity index (χ0n) is 24.3. The molecule has 4 aliphatic rings. The van der Waals surface area contributed by atoms with Gasteiger partial charge in [0.1, 0.15) is 30.3 Å². The van der Waals surface area contributed by atoms with Crippen molar-refractivity contribution in [3.63, 3.8) is 0 Å². The summed E-state index contributed by atoms with van der Waals surface area (Å²) in [4.78, 5) is 4.21. The average molecular weight is 609 g/mol. The molecular formula is C30H43F3N6O4. The Kier molecular flexibility index (Phi) is 9.62. The molecule has 8 atom stereocenters. The van der Waals surface area contributed by atoms with Crippen LogP contribution in [-0.4, -0.2) is 95.5 Å². The summed E-state index contributed by atoms with van der Waals surface area (Å²) >= 11 is 0. The maximum Gasteiger partial charge on any atom is 0.573 e. The molecule has 1 saturated carbocycles. The lowest BCUT2D eigenvalue weighted by Gasteiger charge is -2.42. The van der Waals surface area contributed by atoms with Crippen molar-refractivity contribution < 1.29 is 32.9 Å². The average Bonchev–Trinajstić information content (AvgIpc) is 3.59. The van der Waals surface area contributed by atoms with E-state index in [0.717, 1.165) is 37.8 Å². The normalized spacial score (nSPS) is 34.5. The third kappa shape index (κ3) is 7.15. The topological polar surface area (TPSA) is 128 Å². The highest BCUT2D eigenvalue weighted by molar-refractivity contribution is 5.75. The molecule has 0 radical (unpaired) electrons. The fourth-order valence-corrected chi connectivity index (χ4v) is 6.94. The number of fused-ring (bicyclic) bond motifs is 1. The van der Waals surface area contributed by atoms with Crippen molar-refractivity contribution in [2.45, 2.75) is 87.4 Å². The molecule has 238 valence electrons. The van der Waals surface area contributed by atoms with Gasteiger partial charge >= 0.3 is 6.36 Å². The van der Waals surface area contributed by atoms with Gasteiger partial charge < -0.3 is 46.3 Å². The molecule has 1 aromatic rings. The number of nitrogens with two attached hydrogens (primary N) is 1. The Labute approximate surface area is 250 Å². The molecule has 0 aromatic heterocycles. The van der Waals surface area contributed by atoms with Gasteiger partial charge in [-0.2, -0.15) is 0 Å². The van der Waals surface area contributed by atoms with Crippen molar-refractivity contribution in [3.8, 4) is 5.75 Å². The van der Waals surface area contributed by atoms with Gasteiger partial charge in [-0.15, -0.1) is 18.9 Å². The lowest BCUT2D eigenvalue weighted by Crippen LogP contribution is -2.54. The van der Waals surface area contributed by atoms with E-state index in [0.29, 0.717) is 30.7 Å². The Bertz CT molecular complexity index is 1180. The largest absolute Gasteiger partial charge is 0.573 e. The summed E-state index contributed by atoms with van der Waals surface area (Å²) in [5, 5.41) is 31.7. The van der Waals surface area contributed by atoms with Crippen LogP contribution in [0.3, 0.4) is 0 Å². The van der Waals surface area contributed by atoms with Crippen LogP contribution >= 0.6 is 0 Å². The van der Waals surface area contributed by atoms with Crippen LogP contribution in [0.1, 0.15) is 32.1 Å². The quantitative estimate of drug-likeness (QED) is 0.197.